The van der Waals surface area contributed by atoms with Gasteiger partial charge in [0.1, 0.15) is 31.5 Å². The van der Waals surface area contributed by atoms with E-state index in [1.54, 1.807) is 75.4 Å². The fourth-order valence-corrected chi connectivity index (χ4v) is 4.35. The molecule has 4 rings (SSSR count). The number of carbonyl (C=O) groups is 3. The number of rotatable bonds is 11. The molecule has 0 aliphatic rings. The van der Waals surface area contributed by atoms with Crippen LogP contribution in [0.1, 0.15) is 43.0 Å². The van der Waals surface area contributed by atoms with E-state index < -0.39 is 35.6 Å². The summed E-state index contributed by atoms with van der Waals surface area (Å²) in [5.41, 5.74) is 1.37. The topological polar surface area (TPSA) is 91.4 Å². The number of esters is 1. The summed E-state index contributed by atoms with van der Waals surface area (Å²) in [6, 6.07) is 29.6. The molecule has 0 aliphatic carbocycles. The van der Waals surface area contributed by atoms with E-state index in [1.165, 1.54) is 12.1 Å². The van der Waals surface area contributed by atoms with Gasteiger partial charge in [-0.1, -0.05) is 103 Å². The molecule has 8 nitrogen and oxygen atoms in total. The molecule has 9 heteroatoms. The predicted molar refractivity (Wildman–Crippen MR) is 166 cm³/mol. The highest BCUT2D eigenvalue weighted by Crippen LogP contribution is 2.28. The number of para-hydroxylation sites is 1. The van der Waals surface area contributed by atoms with Crippen LogP contribution in [0.2, 0.25) is 0 Å². The molecule has 0 fully saturated rings. The minimum atomic E-state index is -1.59. The zero-order valence-electron chi connectivity index (χ0n) is 25.5. The van der Waals surface area contributed by atoms with E-state index in [9.17, 15) is 14.4 Å². The molecule has 0 aliphatic heterocycles. The van der Waals surface area contributed by atoms with Crippen LogP contribution in [-0.2, 0) is 45.2 Å². The number of imide groups is 1. The minimum Gasteiger partial charge on any atom is -0.486 e. The van der Waals surface area contributed by atoms with Crippen molar-refractivity contribution < 1.29 is 37.7 Å². The zero-order valence-corrected chi connectivity index (χ0v) is 25.5. The quantitative estimate of drug-likeness (QED) is 0.127. The lowest BCUT2D eigenvalue weighted by molar-refractivity contribution is -0.150. The fraction of sp³-hybridized carbons (Fsp3) is 0.250. The molecule has 0 bridgehead atoms. The van der Waals surface area contributed by atoms with Gasteiger partial charge in [-0.25, -0.2) is 18.8 Å². The van der Waals surface area contributed by atoms with Crippen molar-refractivity contribution in [3.8, 4) is 5.75 Å². The third kappa shape index (κ3) is 9.92. The van der Waals surface area contributed by atoms with Crippen LogP contribution >= 0.6 is 0 Å². The van der Waals surface area contributed by atoms with Crippen molar-refractivity contribution in [2.75, 3.05) is 0 Å². The molecule has 45 heavy (non-hydrogen) atoms. The van der Waals surface area contributed by atoms with Gasteiger partial charge in [0.2, 0.25) is 0 Å². The molecule has 0 N–H and O–H groups in total. The lowest BCUT2D eigenvalue weighted by Gasteiger charge is -2.30. The summed E-state index contributed by atoms with van der Waals surface area (Å²) >= 11 is 0. The molecule has 1 atom stereocenters. The Morgan fingerprint density at radius 1 is 0.667 bits per heavy atom. The van der Waals surface area contributed by atoms with Crippen LogP contribution in [0.15, 0.2) is 109 Å². The SMILES string of the molecule is CC(C)(C)OC(=O)N(C(=O)OCc1ccccc1)[C@@H](Cc1cccc(F)c1OCc1ccccc1)C(=O)OCc1ccccc1. The van der Waals surface area contributed by atoms with Crippen LogP contribution < -0.4 is 4.74 Å². The number of amides is 2. The molecule has 0 heterocycles. The van der Waals surface area contributed by atoms with Gasteiger partial charge in [-0.3, -0.25) is 0 Å². The monoisotopic (exact) mass is 613 g/mol. The van der Waals surface area contributed by atoms with Gasteiger partial charge in [0.05, 0.1) is 0 Å². The summed E-state index contributed by atoms with van der Waals surface area (Å²) < 4.78 is 37.7. The molecule has 0 aromatic heterocycles. The second kappa shape index (κ2) is 15.5. The van der Waals surface area contributed by atoms with Crippen molar-refractivity contribution in [3.63, 3.8) is 0 Å². The maximum absolute atomic E-state index is 15.2. The maximum atomic E-state index is 15.2. The molecule has 0 radical (unpaired) electrons. The van der Waals surface area contributed by atoms with Crippen LogP contribution in [0.4, 0.5) is 14.0 Å². The molecule has 4 aromatic rings. The summed E-state index contributed by atoms with van der Waals surface area (Å²) in [5.74, 6) is -1.71. The normalized spacial score (nSPS) is 11.6. The van der Waals surface area contributed by atoms with Crippen molar-refractivity contribution >= 4 is 18.2 Å². The molecular formula is C36H36FNO7. The Morgan fingerprint density at radius 2 is 1.18 bits per heavy atom. The molecule has 234 valence electrons. The second-order valence-corrected chi connectivity index (χ2v) is 11.2. The second-order valence-electron chi connectivity index (χ2n) is 11.2. The van der Waals surface area contributed by atoms with E-state index in [4.69, 9.17) is 18.9 Å². The van der Waals surface area contributed by atoms with Gasteiger partial charge in [-0.2, -0.15) is 4.90 Å². The first kappa shape index (κ1) is 32.7. The molecule has 0 spiro atoms. The van der Waals surface area contributed by atoms with Gasteiger partial charge in [0.15, 0.2) is 11.6 Å². The summed E-state index contributed by atoms with van der Waals surface area (Å²) in [4.78, 5) is 41.5. The Labute approximate surface area is 262 Å². The van der Waals surface area contributed by atoms with Crippen molar-refractivity contribution in [1.82, 2.24) is 4.90 Å². The molecular weight excluding hydrogens is 577 g/mol. The van der Waals surface area contributed by atoms with Gasteiger partial charge in [0.25, 0.3) is 0 Å². The van der Waals surface area contributed by atoms with Crippen molar-refractivity contribution in [2.24, 2.45) is 0 Å². The van der Waals surface area contributed by atoms with E-state index in [2.05, 4.69) is 0 Å². The van der Waals surface area contributed by atoms with E-state index in [-0.39, 0.29) is 37.6 Å². The summed E-state index contributed by atoms with van der Waals surface area (Å²) in [6.07, 6.45) is -2.59. The third-order valence-electron chi connectivity index (χ3n) is 6.49. The highest BCUT2D eigenvalue weighted by molar-refractivity contribution is 5.94. The first-order valence-corrected chi connectivity index (χ1v) is 14.5. The van der Waals surface area contributed by atoms with Gasteiger partial charge >= 0.3 is 18.2 Å². The van der Waals surface area contributed by atoms with Crippen LogP contribution in [-0.4, -0.2) is 34.7 Å². The zero-order chi connectivity index (χ0) is 32.2. The lowest BCUT2D eigenvalue weighted by atomic mass is 10.0. The van der Waals surface area contributed by atoms with Crippen LogP contribution in [0, 0.1) is 5.82 Å². The smallest absolute Gasteiger partial charge is 0.420 e. The molecule has 0 saturated heterocycles. The average Bonchev–Trinajstić information content (AvgIpc) is 3.02. The van der Waals surface area contributed by atoms with Gasteiger partial charge < -0.3 is 18.9 Å². The summed E-state index contributed by atoms with van der Waals surface area (Å²) in [6.45, 7) is 4.64. The minimum absolute atomic E-state index is 0.0484. The number of ether oxygens (including phenoxy) is 4. The Balaban J connectivity index is 1.68. The Kier molecular flexibility index (Phi) is 11.3. The number of hydrogen-bond donors (Lipinski definition) is 0. The van der Waals surface area contributed by atoms with Crippen LogP contribution in [0.5, 0.6) is 5.75 Å². The lowest BCUT2D eigenvalue weighted by Crippen LogP contribution is -2.52. The van der Waals surface area contributed by atoms with E-state index >= 15 is 4.39 Å². The van der Waals surface area contributed by atoms with Crippen molar-refractivity contribution in [2.45, 2.75) is 58.7 Å². The number of hydrogen-bond acceptors (Lipinski definition) is 7. The largest absolute Gasteiger partial charge is 0.486 e. The maximum Gasteiger partial charge on any atom is 0.420 e. The van der Waals surface area contributed by atoms with Crippen LogP contribution in [0.3, 0.4) is 0 Å². The molecule has 0 unspecified atom stereocenters. The fourth-order valence-electron chi connectivity index (χ4n) is 4.35. The number of nitrogens with zero attached hydrogens (tertiary/aromatic N) is 1. The Bertz CT molecular complexity index is 1560. The first-order valence-electron chi connectivity index (χ1n) is 14.5. The Hall–Kier alpha value is -5.18. The highest BCUT2D eigenvalue weighted by atomic mass is 19.1. The standard InChI is InChI=1S/C36H36FNO7/c1-36(2,3)45-35(41)38(34(40)44-25-28-18-11-6-12-19-28)31(33(39)43-24-27-16-9-5-10-17-27)22-29-20-13-21-30(37)32(29)42-23-26-14-7-4-8-15-26/h4-21,31H,22-25H2,1-3H3/t31-/m0/s1. The highest BCUT2D eigenvalue weighted by Gasteiger charge is 2.41. The number of carbonyl (C=O) groups excluding carboxylic acids is 3. The third-order valence-corrected chi connectivity index (χ3v) is 6.49. The molecule has 4 aromatic carbocycles. The average molecular weight is 614 g/mol. The van der Waals surface area contributed by atoms with E-state index in [1.807, 2.05) is 42.5 Å². The molecule has 0 saturated carbocycles. The van der Waals surface area contributed by atoms with Crippen molar-refractivity contribution in [3.05, 3.63) is 137 Å². The first-order chi connectivity index (χ1) is 21.6. The van der Waals surface area contributed by atoms with Gasteiger partial charge in [-0.15, -0.1) is 0 Å². The Morgan fingerprint density at radius 3 is 1.71 bits per heavy atom. The summed E-state index contributed by atoms with van der Waals surface area (Å²) in [7, 11) is 0. The van der Waals surface area contributed by atoms with Gasteiger partial charge in [-0.05, 0) is 49.1 Å². The van der Waals surface area contributed by atoms with E-state index in [0.29, 0.717) is 16.0 Å². The predicted octanol–water partition coefficient (Wildman–Crippen LogP) is 7.63. The van der Waals surface area contributed by atoms with E-state index in [0.717, 1.165) is 5.56 Å². The van der Waals surface area contributed by atoms with Crippen molar-refractivity contribution in [1.29, 1.82) is 0 Å². The summed E-state index contributed by atoms with van der Waals surface area (Å²) in [5, 5.41) is 0. The number of benzene rings is 4. The molecule has 2 amide bonds. The van der Waals surface area contributed by atoms with Crippen LogP contribution in [0.25, 0.3) is 0 Å². The van der Waals surface area contributed by atoms with Gasteiger partial charge in [0, 0.05) is 6.42 Å². The number of halogens is 1.